The second kappa shape index (κ2) is 8.40. The van der Waals surface area contributed by atoms with Crippen LogP contribution in [-0.4, -0.2) is 58.5 Å². The number of nitrogens with zero attached hydrogens (tertiary/aromatic N) is 4. The molecule has 1 aliphatic heterocycles. The van der Waals surface area contributed by atoms with Crippen LogP contribution in [0.3, 0.4) is 0 Å². The van der Waals surface area contributed by atoms with E-state index in [9.17, 15) is 9.18 Å². The van der Waals surface area contributed by atoms with E-state index in [2.05, 4.69) is 14.9 Å². The van der Waals surface area contributed by atoms with Crippen LogP contribution in [0.15, 0.2) is 48.5 Å². The van der Waals surface area contributed by atoms with E-state index < -0.39 is 5.82 Å². The van der Waals surface area contributed by atoms with Gasteiger partial charge in [-0.1, -0.05) is 24.3 Å². The zero-order valence-electron chi connectivity index (χ0n) is 15.9. The second-order valence-corrected chi connectivity index (χ2v) is 6.92. The highest BCUT2D eigenvalue weighted by atomic mass is 19.1. The van der Waals surface area contributed by atoms with Gasteiger partial charge in [-0.05, 0) is 24.3 Å². The van der Waals surface area contributed by atoms with Crippen molar-refractivity contribution in [1.82, 2.24) is 19.8 Å². The van der Waals surface area contributed by atoms with E-state index in [4.69, 9.17) is 10.5 Å². The molecule has 150 valence electrons. The number of nitrogen functional groups attached to an aromatic ring is 1. The smallest absolute Gasteiger partial charge is 0.260 e. The monoisotopic (exact) mass is 395 g/mol. The van der Waals surface area contributed by atoms with Gasteiger partial charge in [0.05, 0.1) is 12.1 Å². The molecule has 0 aliphatic carbocycles. The molecule has 2 aromatic carbocycles. The molecule has 4 rings (SSSR count). The number of anilines is 1. The van der Waals surface area contributed by atoms with Gasteiger partial charge in [-0.25, -0.2) is 14.4 Å². The molecule has 3 aromatic rings. The molecule has 2 N–H and O–H groups in total. The number of hydrogen-bond acceptors (Lipinski definition) is 6. The lowest BCUT2D eigenvalue weighted by Gasteiger charge is -2.34. The second-order valence-electron chi connectivity index (χ2n) is 6.92. The number of piperazine rings is 1. The summed E-state index contributed by atoms with van der Waals surface area (Å²) in [6.45, 7) is 2.93. The molecule has 29 heavy (non-hydrogen) atoms. The molecule has 2 heterocycles. The summed E-state index contributed by atoms with van der Waals surface area (Å²) in [5.74, 6) is 0.609. The number of para-hydroxylation sites is 2. The number of amides is 1. The Labute approximate surface area is 167 Å². The maximum atomic E-state index is 13.6. The van der Waals surface area contributed by atoms with Crippen molar-refractivity contribution in [2.45, 2.75) is 6.54 Å². The number of rotatable bonds is 5. The molecule has 7 nitrogen and oxygen atoms in total. The minimum Gasteiger partial charge on any atom is -0.481 e. The Morgan fingerprint density at radius 3 is 2.55 bits per heavy atom. The molecule has 1 fully saturated rings. The van der Waals surface area contributed by atoms with Crippen molar-refractivity contribution < 1.29 is 13.9 Å². The number of fused-ring (bicyclic) bond motifs is 1. The first kappa shape index (κ1) is 19.1. The average molecular weight is 395 g/mol. The Morgan fingerprint density at radius 2 is 1.76 bits per heavy atom. The first-order valence-electron chi connectivity index (χ1n) is 9.49. The van der Waals surface area contributed by atoms with Gasteiger partial charge in [-0.2, -0.15) is 0 Å². The lowest BCUT2D eigenvalue weighted by molar-refractivity contribution is -0.135. The van der Waals surface area contributed by atoms with E-state index in [0.717, 1.165) is 10.9 Å². The van der Waals surface area contributed by atoms with Crippen molar-refractivity contribution in [2.24, 2.45) is 0 Å². The normalized spacial score (nSPS) is 14.9. The van der Waals surface area contributed by atoms with Crippen LogP contribution in [0.1, 0.15) is 5.82 Å². The van der Waals surface area contributed by atoms with Crippen molar-refractivity contribution >= 4 is 22.6 Å². The molecule has 0 unspecified atom stereocenters. The molecule has 0 radical (unpaired) electrons. The largest absolute Gasteiger partial charge is 0.481 e. The van der Waals surface area contributed by atoms with Crippen LogP contribution in [0.2, 0.25) is 0 Å². The summed E-state index contributed by atoms with van der Waals surface area (Å²) in [5.41, 5.74) is 6.88. The van der Waals surface area contributed by atoms with Gasteiger partial charge in [-0.15, -0.1) is 0 Å². The highest BCUT2D eigenvalue weighted by Gasteiger charge is 2.22. The third-order valence-corrected chi connectivity index (χ3v) is 4.96. The van der Waals surface area contributed by atoms with Gasteiger partial charge in [0, 0.05) is 31.6 Å². The first-order valence-corrected chi connectivity index (χ1v) is 9.49. The summed E-state index contributed by atoms with van der Waals surface area (Å²) >= 11 is 0. The number of aromatic nitrogens is 2. The minimum atomic E-state index is -0.472. The number of carbonyl (C=O) groups is 1. The summed E-state index contributed by atoms with van der Waals surface area (Å²) in [5, 5.41) is 0.849. The van der Waals surface area contributed by atoms with Crippen molar-refractivity contribution in [2.75, 3.05) is 38.5 Å². The number of nitrogens with two attached hydrogens (primary N) is 1. The molecule has 0 atom stereocenters. The van der Waals surface area contributed by atoms with Crippen LogP contribution < -0.4 is 10.5 Å². The maximum absolute atomic E-state index is 13.6. The molecule has 1 saturated heterocycles. The maximum Gasteiger partial charge on any atom is 0.260 e. The van der Waals surface area contributed by atoms with E-state index >= 15 is 0 Å². The predicted molar refractivity (Wildman–Crippen MR) is 108 cm³/mol. The third-order valence-electron chi connectivity index (χ3n) is 4.96. The van der Waals surface area contributed by atoms with Crippen molar-refractivity contribution in [3.8, 4) is 5.75 Å². The van der Waals surface area contributed by atoms with Gasteiger partial charge in [-0.3, -0.25) is 9.69 Å². The Bertz CT molecular complexity index is 1020. The predicted octanol–water partition coefficient (Wildman–Crippen LogP) is 2.07. The van der Waals surface area contributed by atoms with Gasteiger partial charge in [0.2, 0.25) is 0 Å². The highest BCUT2D eigenvalue weighted by Crippen LogP contribution is 2.18. The van der Waals surface area contributed by atoms with Crippen LogP contribution in [0.25, 0.3) is 10.9 Å². The molecule has 1 aromatic heterocycles. The minimum absolute atomic E-state index is 0.0885. The fourth-order valence-electron chi connectivity index (χ4n) is 3.37. The summed E-state index contributed by atoms with van der Waals surface area (Å²) in [7, 11) is 0. The number of halogens is 1. The van der Waals surface area contributed by atoms with Crippen LogP contribution in [0.5, 0.6) is 5.75 Å². The van der Waals surface area contributed by atoms with Gasteiger partial charge in [0.15, 0.2) is 18.2 Å². The van der Waals surface area contributed by atoms with E-state index in [1.807, 2.05) is 24.3 Å². The number of benzene rings is 2. The molecule has 0 spiro atoms. The van der Waals surface area contributed by atoms with Gasteiger partial charge >= 0.3 is 0 Å². The summed E-state index contributed by atoms with van der Waals surface area (Å²) < 4.78 is 18.9. The molecule has 0 saturated carbocycles. The Hall–Kier alpha value is -3.26. The lowest BCUT2D eigenvalue weighted by atomic mass is 10.2. The van der Waals surface area contributed by atoms with Crippen molar-refractivity contribution in [3.05, 3.63) is 60.2 Å². The fourth-order valence-corrected chi connectivity index (χ4v) is 3.37. The van der Waals surface area contributed by atoms with Gasteiger partial charge in [0.1, 0.15) is 11.6 Å². The molecular formula is C21H22FN5O2. The Kier molecular flexibility index (Phi) is 5.53. The average Bonchev–Trinajstić information content (AvgIpc) is 2.73. The first-order chi connectivity index (χ1) is 14.1. The van der Waals surface area contributed by atoms with Crippen LogP contribution in [0.4, 0.5) is 10.2 Å². The Balaban J connectivity index is 1.30. The van der Waals surface area contributed by atoms with Crippen LogP contribution in [-0.2, 0) is 11.3 Å². The molecule has 1 amide bonds. The lowest BCUT2D eigenvalue weighted by Crippen LogP contribution is -2.49. The summed E-state index contributed by atoms with van der Waals surface area (Å²) in [6, 6.07) is 13.7. The van der Waals surface area contributed by atoms with Crippen LogP contribution in [0, 0.1) is 5.82 Å². The fraction of sp³-hybridized carbons (Fsp3) is 0.286. The van der Waals surface area contributed by atoms with E-state index in [1.165, 1.54) is 12.1 Å². The number of carbonyl (C=O) groups excluding carboxylic acids is 1. The van der Waals surface area contributed by atoms with Gasteiger partial charge in [0.25, 0.3) is 5.91 Å². The molecule has 8 heteroatoms. The highest BCUT2D eigenvalue weighted by molar-refractivity contribution is 5.87. The standard InChI is InChI=1S/C21H22FN5O2/c22-16-6-2-4-8-18(16)29-14-20(28)27-11-9-26(10-12-27)13-19-24-17-7-3-1-5-15(17)21(23)25-19/h1-8H,9-14H2,(H2,23,24,25). The molecular weight excluding hydrogens is 373 g/mol. The summed E-state index contributed by atoms with van der Waals surface area (Å²) in [6.07, 6.45) is 0. The number of ether oxygens (including phenoxy) is 1. The van der Waals surface area contributed by atoms with Gasteiger partial charge < -0.3 is 15.4 Å². The molecule has 1 aliphatic rings. The summed E-state index contributed by atoms with van der Waals surface area (Å²) in [4.78, 5) is 25.3. The van der Waals surface area contributed by atoms with Crippen LogP contribution >= 0.6 is 0 Å². The Morgan fingerprint density at radius 1 is 1.03 bits per heavy atom. The van der Waals surface area contributed by atoms with E-state index in [0.29, 0.717) is 44.4 Å². The van der Waals surface area contributed by atoms with E-state index in [1.54, 1.807) is 17.0 Å². The molecule has 0 bridgehead atoms. The number of hydrogen-bond donors (Lipinski definition) is 1. The van der Waals surface area contributed by atoms with E-state index in [-0.39, 0.29) is 18.3 Å². The topological polar surface area (TPSA) is 84.6 Å². The SMILES string of the molecule is Nc1nc(CN2CCN(C(=O)COc3ccccc3F)CC2)nc2ccccc12. The third kappa shape index (κ3) is 4.43. The quantitative estimate of drug-likeness (QED) is 0.712. The van der Waals surface area contributed by atoms with Crippen molar-refractivity contribution in [1.29, 1.82) is 0 Å². The zero-order chi connectivity index (χ0) is 20.2. The van der Waals surface area contributed by atoms with Crippen molar-refractivity contribution in [3.63, 3.8) is 0 Å². The zero-order valence-corrected chi connectivity index (χ0v) is 15.9.